The Labute approximate surface area is 116 Å². The molecule has 0 fully saturated rings. The Kier molecular flexibility index (Phi) is 8.02. The summed E-state index contributed by atoms with van der Waals surface area (Å²) in [5.41, 5.74) is 1.23. The molecule has 19 heavy (non-hydrogen) atoms. The monoisotopic (exact) mass is 266 g/mol. The van der Waals surface area contributed by atoms with E-state index in [1.807, 2.05) is 12.1 Å². The van der Waals surface area contributed by atoms with Crippen LogP contribution in [-0.4, -0.2) is 47.5 Å². The molecular formula is C15H26N2O2. The first-order chi connectivity index (χ1) is 9.27. The zero-order chi connectivity index (χ0) is 13.9. The summed E-state index contributed by atoms with van der Waals surface area (Å²) in [4.78, 5) is 2.27. The van der Waals surface area contributed by atoms with E-state index in [1.165, 1.54) is 18.5 Å². The van der Waals surface area contributed by atoms with Gasteiger partial charge in [0, 0.05) is 32.9 Å². The molecule has 1 aromatic carbocycles. The van der Waals surface area contributed by atoms with Crippen molar-refractivity contribution in [3.63, 3.8) is 0 Å². The van der Waals surface area contributed by atoms with Crippen molar-refractivity contribution in [3.8, 4) is 5.75 Å². The zero-order valence-electron chi connectivity index (χ0n) is 12.3. The van der Waals surface area contributed by atoms with Crippen LogP contribution in [0.3, 0.4) is 0 Å². The number of anilines is 1. The zero-order valence-corrected chi connectivity index (χ0v) is 12.3. The van der Waals surface area contributed by atoms with Crippen molar-refractivity contribution < 1.29 is 9.47 Å². The SMILES string of the molecule is COCCNCCCCN(C)c1ccc(OC)cc1. The van der Waals surface area contributed by atoms with Gasteiger partial charge in [-0.25, -0.2) is 0 Å². The number of hydrogen-bond acceptors (Lipinski definition) is 4. The van der Waals surface area contributed by atoms with Gasteiger partial charge in [-0.2, -0.15) is 0 Å². The molecule has 1 aromatic rings. The Balaban J connectivity index is 2.14. The fourth-order valence-electron chi connectivity index (χ4n) is 1.86. The molecule has 0 unspecified atom stereocenters. The second-order valence-electron chi connectivity index (χ2n) is 4.57. The summed E-state index contributed by atoms with van der Waals surface area (Å²) < 4.78 is 10.1. The first kappa shape index (κ1) is 15.8. The summed E-state index contributed by atoms with van der Waals surface area (Å²) in [6.45, 7) is 3.84. The van der Waals surface area contributed by atoms with E-state index in [0.717, 1.165) is 32.0 Å². The number of benzene rings is 1. The standard InChI is InChI=1S/C15H26N2O2/c1-17(12-5-4-10-16-11-13-18-2)14-6-8-15(19-3)9-7-14/h6-9,16H,4-5,10-13H2,1-3H3. The Morgan fingerprint density at radius 3 is 2.42 bits per heavy atom. The highest BCUT2D eigenvalue weighted by molar-refractivity contribution is 5.48. The molecule has 0 amide bonds. The maximum atomic E-state index is 5.16. The lowest BCUT2D eigenvalue weighted by Crippen LogP contribution is -2.23. The van der Waals surface area contributed by atoms with Crippen LogP contribution in [-0.2, 0) is 4.74 Å². The first-order valence-corrected chi connectivity index (χ1v) is 6.82. The molecule has 1 N–H and O–H groups in total. The van der Waals surface area contributed by atoms with Gasteiger partial charge < -0.3 is 19.7 Å². The lowest BCUT2D eigenvalue weighted by atomic mass is 10.2. The fourth-order valence-corrected chi connectivity index (χ4v) is 1.86. The topological polar surface area (TPSA) is 33.7 Å². The van der Waals surface area contributed by atoms with Crippen LogP contribution < -0.4 is 15.0 Å². The summed E-state index contributed by atoms with van der Waals surface area (Å²) in [5, 5.41) is 3.35. The molecule has 0 heterocycles. The van der Waals surface area contributed by atoms with Crippen molar-refractivity contribution in [1.29, 1.82) is 0 Å². The second kappa shape index (κ2) is 9.64. The predicted molar refractivity (Wildman–Crippen MR) is 80.2 cm³/mol. The lowest BCUT2D eigenvalue weighted by Gasteiger charge is -2.19. The van der Waals surface area contributed by atoms with Gasteiger partial charge in [-0.05, 0) is 43.7 Å². The van der Waals surface area contributed by atoms with E-state index in [1.54, 1.807) is 14.2 Å². The quantitative estimate of drug-likeness (QED) is 0.658. The Morgan fingerprint density at radius 2 is 1.79 bits per heavy atom. The number of methoxy groups -OCH3 is 2. The van der Waals surface area contributed by atoms with E-state index in [4.69, 9.17) is 9.47 Å². The molecule has 1 rings (SSSR count). The molecular weight excluding hydrogens is 240 g/mol. The van der Waals surface area contributed by atoms with Crippen molar-refractivity contribution in [2.45, 2.75) is 12.8 Å². The van der Waals surface area contributed by atoms with Gasteiger partial charge in [0.15, 0.2) is 0 Å². The summed E-state index contributed by atoms with van der Waals surface area (Å²) in [6.07, 6.45) is 2.37. The van der Waals surface area contributed by atoms with Crippen LogP contribution in [0.4, 0.5) is 5.69 Å². The van der Waals surface area contributed by atoms with E-state index in [-0.39, 0.29) is 0 Å². The van der Waals surface area contributed by atoms with Crippen molar-refractivity contribution >= 4 is 5.69 Å². The van der Waals surface area contributed by atoms with Crippen LogP contribution in [0.2, 0.25) is 0 Å². The molecule has 0 aliphatic heterocycles. The highest BCUT2D eigenvalue weighted by atomic mass is 16.5. The van der Waals surface area contributed by atoms with Gasteiger partial charge in [-0.15, -0.1) is 0 Å². The molecule has 0 aliphatic carbocycles. The molecule has 4 heteroatoms. The van der Waals surface area contributed by atoms with Gasteiger partial charge in [-0.3, -0.25) is 0 Å². The molecule has 0 saturated heterocycles. The summed E-state index contributed by atoms with van der Waals surface area (Å²) in [5.74, 6) is 0.902. The van der Waals surface area contributed by atoms with E-state index >= 15 is 0 Å². The number of rotatable bonds is 10. The Hall–Kier alpha value is -1.26. The minimum Gasteiger partial charge on any atom is -0.497 e. The van der Waals surface area contributed by atoms with Crippen LogP contribution >= 0.6 is 0 Å². The summed E-state index contributed by atoms with van der Waals surface area (Å²) >= 11 is 0. The summed E-state index contributed by atoms with van der Waals surface area (Å²) in [7, 11) is 5.54. The number of nitrogens with zero attached hydrogens (tertiary/aromatic N) is 1. The van der Waals surface area contributed by atoms with Crippen molar-refractivity contribution in [1.82, 2.24) is 5.32 Å². The van der Waals surface area contributed by atoms with Crippen molar-refractivity contribution in [3.05, 3.63) is 24.3 Å². The summed E-state index contributed by atoms with van der Waals surface area (Å²) in [6, 6.07) is 8.18. The predicted octanol–water partition coefficient (Wildman–Crippen LogP) is 2.15. The van der Waals surface area contributed by atoms with Crippen molar-refractivity contribution in [2.24, 2.45) is 0 Å². The van der Waals surface area contributed by atoms with Gasteiger partial charge in [0.25, 0.3) is 0 Å². The van der Waals surface area contributed by atoms with Gasteiger partial charge in [0.1, 0.15) is 5.75 Å². The van der Waals surface area contributed by atoms with E-state index < -0.39 is 0 Å². The molecule has 4 nitrogen and oxygen atoms in total. The van der Waals surface area contributed by atoms with E-state index in [2.05, 4.69) is 29.4 Å². The Morgan fingerprint density at radius 1 is 1.05 bits per heavy atom. The van der Waals surface area contributed by atoms with E-state index in [0.29, 0.717) is 0 Å². The molecule has 0 aliphatic rings. The van der Waals surface area contributed by atoms with Crippen LogP contribution in [0.15, 0.2) is 24.3 Å². The van der Waals surface area contributed by atoms with Gasteiger partial charge in [0.05, 0.1) is 13.7 Å². The number of nitrogens with one attached hydrogen (secondary N) is 1. The average Bonchev–Trinajstić information content (AvgIpc) is 2.46. The molecule has 108 valence electrons. The molecule has 0 atom stereocenters. The van der Waals surface area contributed by atoms with E-state index in [9.17, 15) is 0 Å². The molecule has 0 aromatic heterocycles. The smallest absolute Gasteiger partial charge is 0.119 e. The fraction of sp³-hybridized carbons (Fsp3) is 0.600. The number of ether oxygens (including phenoxy) is 2. The van der Waals surface area contributed by atoms with Gasteiger partial charge in [0.2, 0.25) is 0 Å². The lowest BCUT2D eigenvalue weighted by molar-refractivity contribution is 0.199. The molecule has 0 radical (unpaired) electrons. The van der Waals surface area contributed by atoms with Gasteiger partial charge >= 0.3 is 0 Å². The maximum absolute atomic E-state index is 5.16. The normalized spacial score (nSPS) is 10.5. The minimum absolute atomic E-state index is 0.783. The third-order valence-electron chi connectivity index (χ3n) is 3.09. The van der Waals surface area contributed by atoms with Gasteiger partial charge in [-0.1, -0.05) is 0 Å². The largest absolute Gasteiger partial charge is 0.497 e. The molecule has 0 bridgehead atoms. The Bertz CT molecular complexity index is 327. The maximum Gasteiger partial charge on any atom is 0.119 e. The van der Waals surface area contributed by atoms with Crippen LogP contribution in [0.5, 0.6) is 5.75 Å². The van der Waals surface area contributed by atoms with Crippen LogP contribution in [0.1, 0.15) is 12.8 Å². The average molecular weight is 266 g/mol. The second-order valence-corrected chi connectivity index (χ2v) is 4.57. The number of unbranched alkanes of at least 4 members (excludes halogenated alkanes) is 1. The van der Waals surface area contributed by atoms with Crippen LogP contribution in [0, 0.1) is 0 Å². The number of hydrogen-bond donors (Lipinski definition) is 1. The minimum atomic E-state index is 0.783. The third kappa shape index (κ3) is 6.45. The third-order valence-corrected chi connectivity index (χ3v) is 3.09. The van der Waals surface area contributed by atoms with Crippen LogP contribution in [0.25, 0.3) is 0 Å². The highest BCUT2D eigenvalue weighted by Gasteiger charge is 2.00. The highest BCUT2D eigenvalue weighted by Crippen LogP contribution is 2.18. The molecule has 0 saturated carbocycles. The first-order valence-electron chi connectivity index (χ1n) is 6.82. The molecule has 0 spiro atoms. The van der Waals surface area contributed by atoms with Crippen molar-refractivity contribution in [2.75, 3.05) is 52.4 Å².